The van der Waals surface area contributed by atoms with Crippen LogP contribution in [0.15, 0.2) is 41.4 Å². The predicted octanol–water partition coefficient (Wildman–Crippen LogP) is 4.90. The first-order valence-corrected chi connectivity index (χ1v) is 11.5. The van der Waals surface area contributed by atoms with E-state index in [1.165, 1.54) is 4.90 Å². The number of nitrogens with two attached hydrogens (primary N) is 1. The smallest absolute Gasteiger partial charge is 0.262 e. The number of nitrogens with zero attached hydrogens (tertiary/aromatic N) is 2. The number of rotatable bonds is 3. The van der Waals surface area contributed by atoms with Crippen LogP contribution in [0.25, 0.3) is 0 Å². The van der Waals surface area contributed by atoms with Crippen molar-refractivity contribution in [3.05, 3.63) is 57.6 Å². The molecule has 0 saturated heterocycles. The van der Waals surface area contributed by atoms with E-state index in [2.05, 4.69) is 0 Å². The second-order valence-electron chi connectivity index (χ2n) is 8.96. The van der Waals surface area contributed by atoms with Gasteiger partial charge in [-0.15, -0.1) is 0 Å². The van der Waals surface area contributed by atoms with Crippen LogP contribution >= 0.6 is 23.2 Å². The minimum absolute atomic E-state index is 0.0763. The van der Waals surface area contributed by atoms with Crippen LogP contribution in [0.5, 0.6) is 11.5 Å². The molecule has 1 unspecified atom stereocenters. The molecule has 2 spiro atoms. The molecular weight excluding hydrogens is 449 g/mol. The van der Waals surface area contributed by atoms with Gasteiger partial charge < -0.3 is 15.2 Å². The van der Waals surface area contributed by atoms with Crippen LogP contribution in [-0.4, -0.2) is 37.0 Å². The quantitative estimate of drug-likeness (QED) is 0.687. The lowest BCUT2D eigenvalue weighted by Crippen LogP contribution is -2.51. The average Bonchev–Trinajstić information content (AvgIpc) is 3.15. The molecule has 1 fully saturated rings. The van der Waals surface area contributed by atoms with Crippen molar-refractivity contribution in [3.8, 4) is 11.5 Å². The van der Waals surface area contributed by atoms with E-state index in [9.17, 15) is 4.79 Å². The Morgan fingerprint density at radius 3 is 2.38 bits per heavy atom. The summed E-state index contributed by atoms with van der Waals surface area (Å²) in [5.74, 6) is 1.31. The molecule has 6 nitrogen and oxygen atoms in total. The highest BCUT2D eigenvalue weighted by Gasteiger charge is 2.66. The SMILES string of the molecule is COC1CCC2(CC1)Cc1ccc(Oc3cc(Cl)cc(Cl)c3)cc1C21N=C(N)N(C)C1=O. The van der Waals surface area contributed by atoms with Gasteiger partial charge in [0.15, 0.2) is 11.5 Å². The van der Waals surface area contributed by atoms with Crippen LogP contribution in [0.2, 0.25) is 10.0 Å². The lowest BCUT2D eigenvalue weighted by molar-refractivity contribution is -0.137. The number of hydrogen-bond acceptors (Lipinski definition) is 5. The number of fused-ring (bicyclic) bond motifs is 3. The molecule has 1 amide bonds. The van der Waals surface area contributed by atoms with E-state index in [0.717, 1.165) is 43.2 Å². The van der Waals surface area contributed by atoms with Gasteiger partial charge in [0.2, 0.25) is 0 Å². The van der Waals surface area contributed by atoms with Gasteiger partial charge in [-0.2, -0.15) is 0 Å². The number of carbonyl (C=O) groups excluding carboxylic acids is 1. The first kappa shape index (κ1) is 21.6. The summed E-state index contributed by atoms with van der Waals surface area (Å²) in [5, 5.41) is 0.980. The molecule has 32 heavy (non-hydrogen) atoms. The molecule has 1 heterocycles. The van der Waals surface area contributed by atoms with Crippen molar-refractivity contribution in [2.45, 2.75) is 43.7 Å². The van der Waals surface area contributed by atoms with Crippen molar-refractivity contribution < 1.29 is 14.3 Å². The zero-order valence-electron chi connectivity index (χ0n) is 18.0. The van der Waals surface area contributed by atoms with Crippen molar-refractivity contribution >= 4 is 35.1 Å². The number of halogens is 2. The zero-order chi connectivity index (χ0) is 22.7. The maximum atomic E-state index is 13.7. The second kappa shape index (κ2) is 7.65. The van der Waals surface area contributed by atoms with Crippen molar-refractivity contribution in [1.82, 2.24) is 4.90 Å². The fraction of sp³-hybridized carbons (Fsp3) is 0.417. The topological polar surface area (TPSA) is 77.2 Å². The van der Waals surface area contributed by atoms with Crippen LogP contribution < -0.4 is 10.5 Å². The number of methoxy groups -OCH3 is 1. The minimum atomic E-state index is -1.04. The van der Waals surface area contributed by atoms with Crippen LogP contribution in [-0.2, 0) is 21.5 Å². The molecule has 8 heteroatoms. The first-order chi connectivity index (χ1) is 15.3. The minimum Gasteiger partial charge on any atom is -0.457 e. The Balaban J connectivity index is 1.59. The lowest BCUT2D eigenvalue weighted by Gasteiger charge is -2.45. The molecule has 2 N–H and O–H groups in total. The van der Waals surface area contributed by atoms with E-state index in [1.54, 1.807) is 32.4 Å². The molecule has 0 radical (unpaired) electrons. The summed E-state index contributed by atoms with van der Waals surface area (Å²) >= 11 is 12.2. The van der Waals surface area contributed by atoms with Crippen molar-refractivity contribution in [1.29, 1.82) is 0 Å². The number of ether oxygens (including phenoxy) is 2. The molecule has 168 valence electrons. The fourth-order valence-electron chi connectivity index (χ4n) is 5.69. The van der Waals surface area contributed by atoms with Gasteiger partial charge in [0.05, 0.1) is 6.10 Å². The summed E-state index contributed by atoms with van der Waals surface area (Å²) in [5.41, 5.74) is 6.81. The van der Waals surface area contributed by atoms with Gasteiger partial charge in [-0.3, -0.25) is 9.69 Å². The second-order valence-corrected chi connectivity index (χ2v) is 9.84. The zero-order valence-corrected chi connectivity index (χ0v) is 19.5. The molecule has 1 aliphatic heterocycles. The predicted molar refractivity (Wildman–Crippen MR) is 124 cm³/mol. The molecule has 1 atom stereocenters. The largest absolute Gasteiger partial charge is 0.457 e. The Bertz CT molecular complexity index is 1110. The Kier molecular flexibility index (Phi) is 5.15. The maximum absolute atomic E-state index is 13.7. The summed E-state index contributed by atoms with van der Waals surface area (Å²) in [6.45, 7) is 0. The van der Waals surface area contributed by atoms with E-state index in [0.29, 0.717) is 21.5 Å². The molecule has 2 aromatic rings. The van der Waals surface area contributed by atoms with Crippen LogP contribution in [0.3, 0.4) is 0 Å². The van der Waals surface area contributed by atoms with E-state index < -0.39 is 5.54 Å². The molecule has 2 aromatic carbocycles. The monoisotopic (exact) mass is 473 g/mol. The normalized spacial score (nSPS) is 29.0. The molecule has 2 aliphatic carbocycles. The number of amides is 1. The van der Waals surface area contributed by atoms with E-state index in [-0.39, 0.29) is 23.4 Å². The van der Waals surface area contributed by atoms with E-state index >= 15 is 0 Å². The third-order valence-electron chi connectivity index (χ3n) is 7.30. The van der Waals surface area contributed by atoms with Gasteiger partial charge in [-0.25, -0.2) is 4.99 Å². The first-order valence-electron chi connectivity index (χ1n) is 10.7. The lowest BCUT2D eigenvalue weighted by atomic mass is 9.61. The Morgan fingerprint density at radius 1 is 1.09 bits per heavy atom. The van der Waals surface area contributed by atoms with Gasteiger partial charge in [-0.1, -0.05) is 29.3 Å². The third-order valence-corrected chi connectivity index (χ3v) is 7.74. The highest BCUT2D eigenvalue weighted by molar-refractivity contribution is 6.34. The number of guanidine groups is 1. The highest BCUT2D eigenvalue weighted by atomic mass is 35.5. The number of carbonyl (C=O) groups is 1. The number of aliphatic imine (C=N–C) groups is 1. The van der Waals surface area contributed by atoms with Crippen molar-refractivity contribution in [2.75, 3.05) is 14.2 Å². The average molecular weight is 474 g/mol. The van der Waals surface area contributed by atoms with E-state index in [4.69, 9.17) is 43.4 Å². The van der Waals surface area contributed by atoms with Crippen molar-refractivity contribution in [3.63, 3.8) is 0 Å². The van der Waals surface area contributed by atoms with Gasteiger partial charge in [-0.05, 0) is 73.6 Å². The van der Waals surface area contributed by atoms with Crippen LogP contribution in [0.4, 0.5) is 0 Å². The highest BCUT2D eigenvalue weighted by Crippen LogP contribution is 2.62. The number of benzene rings is 2. The maximum Gasteiger partial charge on any atom is 0.262 e. The molecule has 1 saturated carbocycles. The van der Waals surface area contributed by atoms with Crippen molar-refractivity contribution in [2.24, 2.45) is 16.1 Å². The van der Waals surface area contributed by atoms with Crippen LogP contribution in [0.1, 0.15) is 36.8 Å². The van der Waals surface area contributed by atoms with Gasteiger partial charge >= 0.3 is 0 Å². The van der Waals surface area contributed by atoms with Gasteiger partial charge in [0, 0.05) is 29.6 Å². The molecular formula is C24H25Cl2N3O3. The Morgan fingerprint density at radius 2 is 1.78 bits per heavy atom. The van der Waals surface area contributed by atoms with E-state index in [1.807, 2.05) is 18.2 Å². The fourth-order valence-corrected chi connectivity index (χ4v) is 6.20. The molecule has 5 rings (SSSR count). The molecule has 3 aliphatic rings. The third kappa shape index (κ3) is 3.11. The summed E-state index contributed by atoms with van der Waals surface area (Å²) in [4.78, 5) is 20.0. The summed E-state index contributed by atoms with van der Waals surface area (Å²) in [6.07, 6.45) is 4.46. The standard InChI is InChI=1S/C24H25Cl2N3O3/c1-29-21(30)24(28-22(29)27)20-12-18(32-19-10-15(25)9-16(26)11-19)4-3-14(20)13-23(24)7-5-17(31-2)6-8-23/h3-4,9-12,17H,5-8,13H2,1-2H3,(H2,27,28). The van der Waals surface area contributed by atoms with Crippen LogP contribution in [0, 0.1) is 5.41 Å². The summed E-state index contributed by atoms with van der Waals surface area (Å²) in [6, 6.07) is 10.9. The summed E-state index contributed by atoms with van der Waals surface area (Å²) < 4.78 is 11.7. The Hall–Kier alpha value is -2.28. The summed E-state index contributed by atoms with van der Waals surface area (Å²) in [7, 11) is 3.44. The number of hydrogen-bond donors (Lipinski definition) is 1. The molecule has 0 aromatic heterocycles. The number of likely N-dealkylation sites (N-methyl/N-ethyl adjacent to an activating group) is 1. The van der Waals surface area contributed by atoms with Gasteiger partial charge in [0.1, 0.15) is 11.5 Å². The Labute approximate surface area is 197 Å². The molecule has 0 bridgehead atoms. The van der Waals surface area contributed by atoms with Gasteiger partial charge in [0.25, 0.3) is 5.91 Å².